The third kappa shape index (κ3) is 2.57. The number of carbonyl (C=O) groups excluding carboxylic acids is 1. The van der Waals surface area contributed by atoms with Crippen molar-refractivity contribution in [1.29, 1.82) is 0 Å². The highest BCUT2D eigenvalue weighted by Gasteiger charge is 2.15. The molecule has 0 aliphatic rings. The second kappa shape index (κ2) is 6.74. The van der Waals surface area contributed by atoms with Gasteiger partial charge in [0.2, 0.25) is 5.36 Å². The minimum Gasteiger partial charge on any atom is -1.00 e. The lowest BCUT2D eigenvalue weighted by molar-refractivity contribution is -0.414. The molecular weight excluding hydrogens is 461 g/mol. The molecule has 0 unspecified atom stereocenters. The Kier molecular flexibility index (Phi) is 4.50. The van der Waals surface area contributed by atoms with Gasteiger partial charge in [-0.3, -0.25) is 0 Å². The van der Waals surface area contributed by atoms with Crippen molar-refractivity contribution >= 4 is 49.5 Å². The predicted molar refractivity (Wildman–Crippen MR) is 109 cm³/mol. The number of amides is 1. The molecule has 28 heavy (non-hydrogen) atoms. The maximum absolute atomic E-state index is 11.5. The van der Waals surface area contributed by atoms with Gasteiger partial charge in [0.05, 0.1) is 29.0 Å². The molecule has 2 heterocycles. The van der Waals surface area contributed by atoms with Crippen LogP contribution in [0.15, 0.2) is 60.7 Å². The fourth-order valence-corrected chi connectivity index (χ4v) is 4.31. The molecule has 0 fully saturated rings. The Balaban J connectivity index is 0.00000192. The van der Waals surface area contributed by atoms with Gasteiger partial charge in [0.1, 0.15) is 0 Å². The largest absolute Gasteiger partial charge is 1.00 e. The normalized spacial score (nSPS) is 12.2. The van der Waals surface area contributed by atoms with Gasteiger partial charge in [-0.05, 0) is 23.6 Å². The molecule has 140 valence electrons. The zero-order chi connectivity index (χ0) is 18.7. The number of hydrogen-bond acceptors (Lipinski definition) is 1. The first-order valence-corrected chi connectivity index (χ1v) is 9.05. The van der Waals surface area contributed by atoms with Crippen molar-refractivity contribution in [2.45, 2.75) is 6.92 Å². The van der Waals surface area contributed by atoms with Crippen LogP contribution in [0, 0.1) is 0 Å². The number of aromatic nitrogens is 2. The third-order valence-electron chi connectivity index (χ3n) is 5.47. The van der Waals surface area contributed by atoms with E-state index in [-0.39, 0.29) is 29.9 Å². The quantitative estimate of drug-likeness (QED) is 0.181. The summed E-state index contributed by atoms with van der Waals surface area (Å²) in [6, 6.07) is 21.1. The maximum Gasteiger partial charge on any atom is 0.382 e. The number of fused-ring (bicyclic) bond motifs is 4. The molecule has 0 bridgehead atoms. The fraction of sp³-hybridized carbons (Fsp3) is 0.130. The summed E-state index contributed by atoms with van der Waals surface area (Å²) in [4.78, 5) is 14.4. The number of hydrogen-bond donors (Lipinski definition) is 1. The van der Waals surface area contributed by atoms with Crippen molar-refractivity contribution in [1.82, 2.24) is 9.13 Å². The van der Waals surface area contributed by atoms with E-state index in [1.165, 1.54) is 45.0 Å². The topological polar surface area (TPSA) is 40.9 Å². The van der Waals surface area contributed by atoms with Gasteiger partial charge in [0, 0.05) is 42.4 Å². The molecule has 5 aromatic rings. The van der Waals surface area contributed by atoms with Gasteiger partial charge in [0.15, 0.2) is 0 Å². The summed E-state index contributed by atoms with van der Waals surface area (Å²) < 4.78 is 4.51. The van der Waals surface area contributed by atoms with Crippen molar-refractivity contribution in [3.63, 3.8) is 0 Å². The van der Waals surface area contributed by atoms with Crippen LogP contribution >= 0.6 is 0 Å². The Morgan fingerprint density at radius 3 is 2.29 bits per heavy atom. The zero-order valence-corrected chi connectivity index (χ0v) is 18.1. The fourth-order valence-electron chi connectivity index (χ4n) is 4.31. The van der Waals surface area contributed by atoms with Crippen molar-refractivity contribution in [2.24, 2.45) is 14.1 Å². The molecule has 5 heteroatoms. The second-order valence-corrected chi connectivity index (χ2v) is 7.10. The highest BCUT2D eigenvalue weighted by atomic mass is 127. The van der Waals surface area contributed by atoms with Gasteiger partial charge in [-0.15, -0.1) is 0 Å². The maximum atomic E-state index is 11.5. The number of benzene rings is 3. The molecule has 0 radical (unpaired) electrons. The van der Waals surface area contributed by atoms with Crippen LogP contribution in [0.1, 0.15) is 6.92 Å². The van der Waals surface area contributed by atoms with Crippen LogP contribution in [0.3, 0.4) is 0 Å². The molecule has 1 amide bonds. The summed E-state index contributed by atoms with van der Waals surface area (Å²) in [5.41, 5.74) is 4.72. The van der Waals surface area contributed by atoms with Crippen LogP contribution in [0.4, 0.5) is 0 Å². The van der Waals surface area contributed by atoms with E-state index in [1.54, 1.807) is 0 Å². The van der Waals surface area contributed by atoms with Gasteiger partial charge in [-0.2, -0.15) is 4.99 Å². The summed E-state index contributed by atoms with van der Waals surface area (Å²) in [6.07, 6.45) is 0. The Labute approximate surface area is 179 Å². The Morgan fingerprint density at radius 1 is 0.786 bits per heavy atom. The van der Waals surface area contributed by atoms with E-state index >= 15 is 0 Å². The monoisotopic (exact) mass is 481 g/mol. The third-order valence-corrected chi connectivity index (χ3v) is 5.47. The van der Waals surface area contributed by atoms with Gasteiger partial charge in [0.25, 0.3) is 0 Å². The molecule has 4 nitrogen and oxygen atoms in total. The van der Waals surface area contributed by atoms with Gasteiger partial charge in [-0.1, -0.05) is 30.3 Å². The first-order chi connectivity index (χ1) is 13.1. The zero-order valence-electron chi connectivity index (χ0n) is 16.0. The van der Waals surface area contributed by atoms with E-state index < -0.39 is 0 Å². The summed E-state index contributed by atoms with van der Waals surface area (Å²) in [5.74, 6) is -0.0617. The predicted octanol–water partition coefficient (Wildman–Crippen LogP) is -0.492. The number of halogens is 1. The van der Waals surface area contributed by atoms with Crippen molar-refractivity contribution in [2.75, 3.05) is 0 Å². The average molecular weight is 481 g/mol. The lowest BCUT2D eigenvalue weighted by Crippen LogP contribution is -3.00. The molecule has 0 spiro atoms. The van der Waals surface area contributed by atoms with Crippen LogP contribution in [0.5, 0.6) is 0 Å². The number of carbonyl (C=O) groups is 1. The molecule has 0 saturated heterocycles. The van der Waals surface area contributed by atoms with Crippen LogP contribution in [-0.2, 0) is 18.9 Å². The smallest absolute Gasteiger partial charge is 0.382 e. The molecular formula is C23H20IN3O. The highest BCUT2D eigenvalue weighted by molar-refractivity contribution is 6.24. The van der Waals surface area contributed by atoms with E-state index in [1.807, 2.05) is 6.07 Å². The SMILES string of the molecule is CC(=O)[NH+]=c1ccc2c3cccc4c3c(c3ccccc3n4C)n(C)c2c1.[I-]. The van der Waals surface area contributed by atoms with Crippen molar-refractivity contribution < 1.29 is 33.8 Å². The first-order valence-electron chi connectivity index (χ1n) is 9.05. The number of aryl methyl sites for hydroxylation is 2. The van der Waals surface area contributed by atoms with Crippen molar-refractivity contribution in [3.05, 3.63) is 66.0 Å². The summed E-state index contributed by atoms with van der Waals surface area (Å²) in [6.45, 7) is 1.53. The molecule has 0 atom stereocenters. The van der Waals surface area contributed by atoms with E-state index in [4.69, 9.17) is 0 Å². The molecule has 1 N–H and O–H groups in total. The highest BCUT2D eigenvalue weighted by Crippen LogP contribution is 2.36. The Morgan fingerprint density at radius 2 is 1.50 bits per heavy atom. The lowest BCUT2D eigenvalue weighted by Gasteiger charge is -2.20. The molecule has 2 aromatic heterocycles. The van der Waals surface area contributed by atoms with Crippen LogP contribution in [0.25, 0.3) is 43.6 Å². The van der Waals surface area contributed by atoms with E-state index in [2.05, 4.69) is 82.8 Å². The number of rotatable bonds is 0. The average Bonchev–Trinajstić information content (AvgIpc) is 2.67. The van der Waals surface area contributed by atoms with Crippen molar-refractivity contribution in [3.8, 4) is 0 Å². The van der Waals surface area contributed by atoms with Crippen LogP contribution in [-0.4, -0.2) is 15.0 Å². The molecule has 3 aromatic carbocycles. The number of pyridine rings is 2. The standard InChI is InChI=1S/C23H19N3O.HI/c1-14(27)24-15-11-12-16-17-8-6-10-20-22(17)23(26(3)21(16)13-15)18-7-4-5-9-19(18)25(20)2;/h4-13H,1-3H3;1H. The number of nitrogens with zero attached hydrogens (tertiary/aromatic N) is 2. The van der Waals surface area contributed by atoms with Crippen LogP contribution < -0.4 is 34.3 Å². The Hall–Kier alpha value is -2.67. The molecule has 5 rings (SSSR count). The van der Waals surface area contributed by atoms with Crippen LogP contribution in [0.2, 0.25) is 0 Å². The molecule has 0 aliphatic carbocycles. The van der Waals surface area contributed by atoms with E-state index in [0.29, 0.717) is 0 Å². The lowest BCUT2D eigenvalue weighted by atomic mass is 9.99. The summed E-state index contributed by atoms with van der Waals surface area (Å²) in [5, 5.41) is 5.71. The summed E-state index contributed by atoms with van der Waals surface area (Å²) in [7, 11) is 4.23. The molecule has 0 aliphatic heterocycles. The minimum atomic E-state index is -0.0617. The number of nitrogens with one attached hydrogen (secondary N) is 1. The van der Waals surface area contributed by atoms with E-state index in [9.17, 15) is 4.79 Å². The van der Waals surface area contributed by atoms with Gasteiger partial charge < -0.3 is 33.1 Å². The summed E-state index contributed by atoms with van der Waals surface area (Å²) >= 11 is 0. The first kappa shape index (κ1) is 18.7. The molecule has 0 saturated carbocycles. The second-order valence-electron chi connectivity index (χ2n) is 7.10. The van der Waals surface area contributed by atoms with E-state index in [0.717, 1.165) is 10.9 Å². The minimum absolute atomic E-state index is 0. The van der Waals surface area contributed by atoms with Gasteiger partial charge in [-0.25, -0.2) is 4.79 Å². The van der Waals surface area contributed by atoms with Gasteiger partial charge >= 0.3 is 5.91 Å². The number of para-hydroxylation sites is 1. The Bertz CT molecular complexity index is 1470.